The minimum Gasteiger partial charge on any atom is -0.449 e. The molecule has 0 spiro atoms. The number of rotatable bonds is 6. The number of fused-ring (bicyclic) bond motifs is 1. The topological polar surface area (TPSA) is 120 Å². The summed E-state index contributed by atoms with van der Waals surface area (Å²) in [5.41, 5.74) is 2.24. The van der Waals surface area contributed by atoms with Crippen LogP contribution in [-0.4, -0.2) is 58.7 Å². The Kier molecular flexibility index (Phi) is 4.80. The summed E-state index contributed by atoms with van der Waals surface area (Å²) < 4.78 is 31.2. The highest BCUT2D eigenvalue weighted by atomic mass is 32.2. The second-order valence-corrected chi connectivity index (χ2v) is 11.2. The lowest BCUT2D eigenvalue weighted by molar-refractivity contribution is -0.129. The molecule has 2 atom stereocenters. The molecule has 0 bridgehead atoms. The number of nitrogens with zero attached hydrogens (tertiary/aromatic N) is 3. The van der Waals surface area contributed by atoms with Crippen LogP contribution in [0.4, 0.5) is 0 Å². The molecule has 2 aromatic rings. The summed E-state index contributed by atoms with van der Waals surface area (Å²) >= 11 is 0. The molecule has 3 heterocycles. The van der Waals surface area contributed by atoms with Crippen molar-refractivity contribution in [1.82, 2.24) is 20.1 Å². The molecule has 0 radical (unpaired) electrons. The van der Waals surface area contributed by atoms with E-state index in [4.69, 9.17) is 9.72 Å². The van der Waals surface area contributed by atoms with Crippen LogP contribution in [-0.2, 0) is 19.4 Å². The molecule has 2 aromatic heterocycles. The van der Waals surface area contributed by atoms with Gasteiger partial charge in [-0.15, -0.1) is 0 Å². The smallest absolute Gasteiger partial charge is 0.339 e. The number of aromatic nitrogens is 3. The molecule has 31 heavy (non-hydrogen) atoms. The van der Waals surface area contributed by atoms with Crippen LogP contribution in [0.25, 0.3) is 11.0 Å². The van der Waals surface area contributed by atoms with Crippen LogP contribution in [0.2, 0.25) is 0 Å². The van der Waals surface area contributed by atoms with E-state index < -0.39 is 21.9 Å². The molecule has 1 saturated heterocycles. The fourth-order valence-electron chi connectivity index (χ4n) is 4.13. The number of amides is 1. The molecule has 9 nitrogen and oxygen atoms in total. The molecule has 1 N–H and O–H groups in total. The molecule has 2 unspecified atom stereocenters. The van der Waals surface area contributed by atoms with E-state index in [1.54, 1.807) is 24.6 Å². The van der Waals surface area contributed by atoms with Gasteiger partial charge in [0.05, 0.1) is 34.2 Å². The number of sulfone groups is 1. The molecule has 3 aliphatic rings. The van der Waals surface area contributed by atoms with E-state index in [9.17, 15) is 18.0 Å². The van der Waals surface area contributed by atoms with E-state index in [0.29, 0.717) is 28.7 Å². The Morgan fingerprint density at radius 3 is 2.58 bits per heavy atom. The van der Waals surface area contributed by atoms with Gasteiger partial charge in [-0.1, -0.05) is 0 Å². The van der Waals surface area contributed by atoms with E-state index in [-0.39, 0.29) is 35.4 Å². The molecule has 5 rings (SSSR count). The van der Waals surface area contributed by atoms with Gasteiger partial charge in [-0.25, -0.2) is 22.9 Å². The van der Waals surface area contributed by atoms with Gasteiger partial charge >= 0.3 is 5.97 Å². The van der Waals surface area contributed by atoms with Gasteiger partial charge in [0.25, 0.3) is 5.91 Å². The van der Waals surface area contributed by atoms with Crippen molar-refractivity contribution in [1.29, 1.82) is 0 Å². The van der Waals surface area contributed by atoms with Gasteiger partial charge in [-0.2, -0.15) is 5.10 Å². The second kappa shape index (κ2) is 7.29. The number of ether oxygens (including phenoxy) is 1. The summed E-state index contributed by atoms with van der Waals surface area (Å²) in [5, 5.41) is 7.97. The van der Waals surface area contributed by atoms with E-state index in [1.165, 1.54) is 0 Å². The first-order valence-corrected chi connectivity index (χ1v) is 12.7. The zero-order chi connectivity index (χ0) is 21.9. The SMILES string of the molecule is Cc1nn(C2CCS(=O)(=O)C2)c2nc(C3CC3)cc(C(=O)OC(C)C(=O)NC3CC3)c12. The number of carbonyl (C=O) groups is 2. The van der Waals surface area contributed by atoms with E-state index in [1.807, 2.05) is 0 Å². The quantitative estimate of drug-likeness (QED) is 0.672. The Hall–Kier alpha value is -2.49. The maximum atomic E-state index is 13.1. The molecular weight excluding hydrogens is 420 g/mol. The van der Waals surface area contributed by atoms with E-state index in [0.717, 1.165) is 31.4 Å². The molecule has 10 heteroatoms. The molecule has 1 amide bonds. The number of esters is 1. The van der Waals surface area contributed by atoms with Crippen LogP contribution < -0.4 is 5.32 Å². The largest absolute Gasteiger partial charge is 0.449 e. The van der Waals surface area contributed by atoms with Gasteiger partial charge in [-0.05, 0) is 52.0 Å². The summed E-state index contributed by atoms with van der Waals surface area (Å²) in [6.45, 7) is 3.34. The number of carbonyl (C=O) groups excluding carboxylic acids is 2. The summed E-state index contributed by atoms with van der Waals surface area (Å²) in [5.74, 6) is -0.455. The van der Waals surface area contributed by atoms with Crippen molar-refractivity contribution in [2.75, 3.05) is 11.5 Å². The third-order valence-electron chi connectivity index (χ3n) is 6.20. The molecule has 1 aliphatic heterocycles. The maximum absolute atomic E-state index is 13.1. The van der Waals surface area contributed by atoms with Crippen molar-refractivity contribution < 1.29 is 22.7 Å². The Balaban J connectivity index is 1.51. The summed E-state index contributed by atoms with van der Waals surface area (Å²) in [4.78, 5) is 30.1. The van der Waals surface area contributed by atoms with Crippen molar-refractivity contribution in [2.24, 2.45) is 0 Å². The molecule has 2 saturated carbocycles. The average molecular weight is 447 g/mol. The maximum Gasteiger partial charge on any atom is 0.339 e. The summed E-state index contributed by atoms with van der Waals surface area (Å²) in [6, 6.07) is 1.64. The fraction of sp³-hybridized carbons (Fsp3) is 0.619. The lowest BCUT2D eigenvalue weighted by atomic mass is 10.1. The molecule has 2 aliphatic carbocycles. The Bertz CT molecular complexity index is 1180. The van der Waals surface area contributed by atoms with E-state index >= 15 is 0 Å². The predicted molar refractivity (Wildman–Crippen MR) is 113 cm³/mol. The van der Waals surface area contributed by atoms with Crippen molar-refractivity contribution in [2.45, 2.75) is 70.1 Å². The fourth-order valence-corrected chi connectivity index (χ4v) is 5.82. The Labute approximate surface area is 180 Å². The highest BCUT2D eigenvalue weighted by Crippen LogP contribution is 2.41. The zero-order valence-electron chi connectivity index (χ0n) is 17.6. The standard InChI is InChI=1S/C21H26N4O5S/c1-11-18-16(21(27)30-12(2)20(26)22-14-5-6-14)9-17(13-3-4-13)23-19(18)25(24-11)15-7-8-31(28,29)10-15/h9,12-15H,3-8,10H2,1-2H3,(H,22,26). The Morgan fingerprint density at radius 1 is 1.23 bits per heavy atom. The van der Waals surface area contributed by atoms with Gasteiger partial charge < -0.3 is 10.1 Å². The molecule has 3 fully saturated rings. The highest BCUT2D eigenvalue weighted by molar-refractivity contribution is 7.91. The minimum absolute atomic E-state index is 0.0245. The van der Waals surface area contributed by atoms with E-state index in [2.05, 4.69) is 10.4 Å². The van der Waals surface area contributed by atoms with Crippen molar-refractivity contribution in [3.63, 3.8) is 0 Å². The number of pyridine rings is 1. The third kappa shape index (κ3) is 4.05. The van der Waals surface area contributed by atoms with Gasteiger partial charge in [0.2, 0.25) is 0 Å². The van der Waals surface area contributed by atoms with Crippen molar-refractivity contribution in [3.05, 3.63) is 23.0 Å². The highest BCUT2D eigenvalue weighted by Gasteiger charge is 2.35. The molecule has 166 valence electrons. The van der Waals surface area contributed by atoms with Gasteiger partial charge in [0.1, 0.15) is 0 Å². The molecule has 0 aromatic carbocycles. The van der Waals surface area contributed by atoms with Crippen LogP contribution >= 0.6 is 0 Å². The number of hydrogen-bond donors (Lipinski definition) is 1. The van der Waals surface area contributed by atoms with Gasteiger partial charge in [-0.3, -0.25) is 4.79 Å². The lowest BCUT2D eigenvalue weighted by Gasteiger charge is -2.15. The first-order valence-electron chi connectivity index (χ1n) is 10.8. The zero-order valence-corrected chi connectivity index (χ0v) is 18.4. The Morgan fingerprint density at radius 2 is 1.97 bits per heavy atom. The van der Waals surface area contributed by atoms with Gasteiger partial charge in [0, 0.05) is 17.7 Å². The van der Waals surface area contributed by atoms with Crippen LogP contribution in [0.15, 0.2) is 6.07 Å². The average Bonchev–Trinajstić information content (AvgIpc) is 3.64. The van der Waals surface area contributed by atoms with Crippen LogP contribution in [0.1, 0.15) is 72.7 Å². The lowest BCUT2D eigenvalue weighted by Crippen LogP contribution is -2.37. The third-order valence-corrected chi connectivity index (χ3v) is 7.95. The minimum atomic E-state index is -3.10. The monoisotopic (exact) mass is 446 g/mol. The van der Waals surface area contributed by atoms with Crippen LogP contribution in [0, 0.1) is 6.92 Å². The summed E-state index contributed by atoms with van der Waals surface area (Å²) in [7, 11) is -3.10. The number of nitrogens with one attached hydrogen (secondary N) is 1. The summed E-state index contributed by atoms with van der Waals surface area (Å²) in [6.07, 6.45) is 3.48. The number of aryl methyl sites for hydroxylation is 1. The normalized spacial score (nSPS) is 23.6. The van der Waals surface area contributed by atoms with Crippen LogP contribution in [0.5, 0.6) is 0 Å². The second-order valence-electron chi connectivity index (χ2n) is 8.98. The van der Waals surface area contributed by atoms with Crippen molar-refractivity contribution in [3.8, 4) is 0 Å². The van der Waals surface area contributed by atoms with Crippen molar-refractivity contribution >= 4 is 32.7 Å². The van der Waals surface area contributed by atoms with Crippen LogP contribution in [0.3, 0.4) is 0 Å². The molecular formula is C21H26N4O5S. The van der Waals surface area contributed by atoms with Gasteiger partial charge in [0.15, 0.2) is 21.6 Å². The predicted octanol–water partition coefficient (Wildman–Crippen LogP) is 1.80. The first-order chi connectivity index (χ1) is 14.7. The first kappa shape index (κ1) is 20.4. The number of hydrogen-bond acceptors (Lipinski definition) is 7.